The van der Waals surface area contributed by atoms with Crippen LogP contribution in [0.3, 0.4) is 0 Å². The average Bonchev–Trinajstić information content (AvgIpc) is 3.34. The Hall–Kier alpha value is -1.86. The molecular formula is C17H21N5OS. The maximum absolute atomic E-state index is 12.8. The van der Waals surface area contributed by atoms with Crippen LogP contribution in [-0.4, -0.2) is 43.7 Å². The van der Waals surface area contributed by atoms with Crippen molar-refractivity contribution in [3.63, 3.8) is 0 Å². The van der Waals surface area contributed by atoms with Gasteiger partial charge in [-0.1, -0.05) is 6.92 Å². The molecule has 24 heavy (non-hydrogen) atoms. The number of aromatic nitrogens is 3. The van der Waals surface area contributed by atoms with Crippen molar-refractivity contribution in [1.29, 1.82) is 0 Å². The molecule has 0 N–H and O–H groups in total. The van der Waals surface area contributed by atoms with Crippen molar-refractivity contribution in [3.8, 4) is 0 Å². The minimum Gasteiger partial charge on any atom is -0.328 e. The summed E-state index contributed by atoms with van der Waals surface area (Å²) < 4.78 is 0. The first-order valence-electron chi connectivity index (χ1n) is 8.53. The molecule has 4 rings (SSSR count). The maximum atomic E-state index is 12.8. The monoisotopic (exact) mass is 343 g/mol. The molecule has 1 amide bonds. The van der Waals surface area contributed by atoms with Crippen LogP contribution in [0, 0.1) is 0 Å². The maximum Gasteiger partial charge on any atom is 0.266 e. The van der Waals surface area contributed by atoms with Crippen LogP contribution in [0.15, 0.2) is 12.4 Å². The number of carbonyl (C=O) groups is 1. The predicted octanol–water partition coefficient (Wildman–Crippen LogP) is 2.25. The highest BCUT2D eigenvalue weighted by molar-refractivity contribution is 7.13. The van der Waals surface area contributed by atoms with Gasteiger partial charge in [-0.25, -0.2) is 15.0 Å². The Morgan fingerprint density at radius 2 is 2.04 bits per heavy atom. The number of hydrogen-bond acceptors (Lipinski definition) is 6. The van der Waals surface area contributed by atoms with Crippen molar-refractivity contribution < 1.29 is 4.79 Å². The molecule has 2 aromatic rings. The van der Waals surface area contributed by atoms with Crippen LogP contribution in [0.4, 0.5) is 0 Å². The zero-order valence-electron chi connectivity index (χ0n) is 13.9. The zero-order chi connectivity index (χ0) is 16.5. The molecule has 1 fully saturated rings. The van der Waals surface area contributed by atoms with Crippen LogP contribution in [0.2, 0.25) is 0 Å². The lowest BCUT2D eigenvalue weighted by molar-refractivity contribution is 0.0755. The number of carbonyl (C=O) groups excluding carboxylic acids is 1. The van der Waals surface area contributed by atoms with Crippen LogP contribution in [0.1, 0.15) is 51.5 Å². The summed E-state index contributed by atoms with van der Waals surface area (Å²) in [7, 11) is 0. The third-order valence-electron chi connectivity index (χ3n) is 4.63. The number of likely N-dealkylation sites (tertiary alicyclic amines) is 1. The Morgan fingerprint density at radius 1 is 1.21 bits per heavy atom. The molecule has 0 unspecified atom stereocenters. The molecule has 6 nitrogen and oxygen atoms in total. The molecule has 2 aliphatic rings. The van der Waals surface area contributed by atoms with Crippen LogP contribution in [0.5, 0.6) is 0 Å². The van der Waals surface area contributed by atoms with Crippen LogP contribution < -0.4 is 0 Å². The molecule has 1 saturated heterocycles. The SMILES string of the molecule is CCc1ncc2c(n1)CN(C(=O)c1cnc(CN3CCCC3)s1)C2. The van der Waals surface area contributed by atoms with Crippen molar-refractivity contribution in [2.45, 2.75) is 45.8 Å². The number of fused-ring (bicyclic) bond motifs is 1. The van der Waals surface area contributed by atoms with Gasteiger partial charge in [-0.2, -0.15) is 0 Å². The first kappa shape index (κ1) is 15.7. The van der Waals surface area contributed by atoms with Gasteiger partial charge in [0, 0.05) is 24.7 Å². The van der Waals surface area contributed by atoms with Gasteiger partial charge in [-0.15, -0.1) is 11.3 Å². The van der Waals surface area contributed by atoms with Crippen molar-refractivity contribution in [2.24, 2.45) is 0 Å². The van der Waals surface area contributed by atoms with E-state index in [1.807, 2.05) is 18.0 Å². The summed E-state index contributed by atoms with van der Waals surface area (Å²) in [4.78, 5) is 31.1. The number of aryl methyl sites for hydroxylation is 1. The van der Waals surface area contributed by atoms with Gasteiger partial charge in [0.05, 0.1) is 25.0 Å². The van der Waals surface area contributed by atoms with Gasteiger partial charge < -0.3 is 4.90 Å². The summed E-state index contributed by atoms with van der Waals surface area (Å²) in [5.74, 6) is 0.893. The molecule has 0 saturated carbocycles. The second kappa shape index (κ2) is 6.57. The summed E-state index contributed by atoms with van der Waals surface area (Å²) >= 11 is 1.52. The van der Waals surface area contributed by atoms with Crippen molar-refractivity contribution in [3.05, 3.63) is 39.4 Å². The zero-order valence-corrected chi connectivity index (χ0v) is 14.7. The number of rotatable bonds is 4. The Labute approximate surface area is 145 Å². The first-order valence-corrected chi connectivity index (χ1v) is 9.34. The Kier molecular flexibility index (Phi) is 4.28. The number of hydrogen-bond donors (Lipinski definition) is 0. The van der Waals surface area contributed by atoms with E-state index in [0.29, 0.717) is 13.1 Å². The van der Waals surface area contributed by atoms with E-state index >= 15 is 0 Å². The van der Waals surface area contributed by atoms with E-state index in [9.17, 15) is 4.79 Å². The van der Waals surface area contributed by atoms with E-state index < -0.39 is 0 Å². The molecule has 0 radical (unpaired) electrons. The Balaban J connectivity index is 1.44. The van der Waals surface area contributed by atoms with Crippen molar-refractivity contribution >= 4 is 17.2 Å². The van der Waals surface area contributed by atoms with Crippen LogP contribution in [-0.2, 0) is 26.1 Å². The predicted molar refractivity (Wildman–Crippen MR) is 91.6 cm³/mol. The quantitative estimate of drug-likeness (QED) is 0.852. The van der Waals surface area contributed by atoms with E-state index in [4.69, 9.17) is 0 Å². The summed E-state index contributed by atoms with van der Waals surface area (Å²) in [5.41, 5.74) is 2.04. The van der Waals surface area contributed by atoms with Gasteiger partial charge in [0.1, 0.15) is 15.7 Å². The molecular weight excluding hydrogens is 322 g/mol. The molecule has 126 valence electrons. The Bertz CT molecular complexity index is 753. The number of amides is 1. The highest BCUT2D eigenvalue weighted by Gasteiger charge is 2.27. The van der Waals surface area contributed by atoms with Crippen molar-refractivity contribution in [1.82, 2.24) is 24.8 Å². The van der Waals surface area contributed by atoms with Gasteiger partial charge in [0.2, 0.25) is 0 Å². The molecule has 0 bridgehead atoms. The fourth-order valence-electron chi connectivity index (χ4n) is 3.28. The topological polar surface area (TPSA) is 62.2 Å². The highest BCUT2D eigenvalue weighted by Crippen LogP contribution is 2.25. The molecule has 0 aliphatic carbocycles. The fourth-order valence-corrected chi connectivity index (χ4v) is 4.21. The van der Waals surface area contributed by atoms with Gasteiger partial charge >= 0.3 is 0 Å². The lowest BCUT2D eigenvalue weighted by Gasteiger charge is -2.13. The molecule has 0 spiro atoms. The molecule has 7 heteroatoms. The second-order valence-electron chi connectivity index (χ2n) is 6.37. The largest absolute Gasteiger partial charge is 0.328 e. The summed E-state index contributed by atoms with van der Waals surface area (Å²) in [5, 5.41) is 1.03. The molecule has 4 heterocycles. The lowest BCUT2D eigenvalue weighted by atomic mass is 10.3. The smallest absolute Gasteiger partial charge is 0.266 e. The van der Waals surface area contributed by atoms with E-state index in [0.717, 1.165) is 53.0 Å². The van der Waals surface area contributed by atoms with Gasteiger partial charge in [0.25, 0.3) is 5.91 Å². The minimum atomic E-state index is 0.0521. The molecule has 0 aromatic carbocycles. The second-order valence-corrected chi connectivity index (χ2v) is 7.49. The molecule has 2 aliphatic heterocycles. The van der Waals surface area contributed by atoms with Gasteiger partial charge in [-0.3, -0.25) is 9.69 Å². The average molecular weight is 343 g/mol. The minimum absolute atomic E-state index is 0.0521. The fraction of sp³-hybridized carbons (Fsp3) is 0.529. The van der Waals surface area contributed by atoms with Crippen LogP contribution >= 0.6 is 11.3 Å². The van der Waals surface area contributed by atoms with Crippen LogP contribution in [0.25, 0.3) is 0 Å². The normalized spacial score (nSPS) is 17.5. The number of thiazole rings is 1. The first-order chi connectivity index (χ1) is 11.7. The highest BCUT2D eigenvalue weighted by atomic mass is 32.1. The van der Waals surface area contributed by atoms with E-state index in [1.54, 1.807) is 6.20 Å². The summed E-state index contributed by atoms with van der Waals surface area (Å²) in [6, 6.07) is 0. The van der Waals surface area contributed by atoms with E-state index in [2.05, 4.69) is 19.9 Å². The van der Waals surface area contributed by atoms with E-state index in [1.165, 1.54) is 24.2 Å². The summed E-state index contributed by atoms with van der Waals surface area (Å²) in [6.07, 6.45) is 6.94. The van der Waals surface area contributed by atoms with Gasteiger partial charge in [0.15, 0.2) is 0 Å². The third-order valence-corrected chi connectivity index (χ3v) is 5.60. The standard InChI is InChI=1S/C17H21N5OS/c1-2-15-18-7-12-9-22(10-13(12)20-15)17(23)14-8-19-16(24-14)11-21-5-3-4-6-21/h7-8H,2-6,9-11H2,1H3. The molecule has 2 aromatic heterocycles. The number of nitrogens with zero attached hydrogens (tertiary/aromatic N) is 5. The van der Waals surface area contributed by atoms with E-state index in [-0.39, 0.29) is 5.91 Å². The lowest BCUT2D eigenvalue weighted by Crippen LogP contribution is -2.24. The van der Waals surface area contributed by atoms with Crippen molar-refractivity contribution in [2.75, 3.05) is 13.1 Å². The van der Waals surface area contributed by atoms with Gasteiger partial charge in [-0.05, 0) is 25.9 Å². The third kappa shape index (κ3) is 3.06. The summed E-state index contributed by atoms with van der Waals surface area (Å²) in [6.45, 7) is 6.36. The Morgan fingerprint density at radius 3 is 2.83 bits per heavy atom. The molecule has 0 atom stereocenters.